The quantitative estimate of drug-likeness (QED) is 0.427. The smallest absolute Gasteiger partial charge is 0.421 e. The summed E-state index contributed by atoms with van der Waals surface area (Å²) in [6.45, 7) is 3.49. The summed E-state index contributed by atoms with van der Waals surface area (Å²) in [4.78, 5) is 41.9. The first-order chi connectivity index (χ1) is 17.7. The Balaban J connectivity index is 1.87. The highest BCUT2D eigenvalue weighted by atomic mass is 35.5. The number of carbonyl (C=O) groups excluding carboxylic acids is 3. The number of imide groups is 1. The number of hydrogen-bond acceptors (Lipinski definition) is 4. The summed E-state index contributed by atoms with van der Waals surface area (Å²) >= 11 is 12.6. The summed E-state index contributed by atoms with van der Waals surface area (Å²) in [6.07, 6.45) is -0.962. The van der Waals surface area contributed by atoms with Gasteiger partial charge in [-0.25, -0.2) is 14.1 Å². The topological polar surface area (TPSA) is 75.7 Å². The van der Waals surface area contributed by atoms with E-state index in [1.807, 2.05) is 0 Å². The number of amides is 3. The van der Waals surface area contributed by atoms with Gasteiger partial charge in [0.1, 0.15) is 11.2 Å². The fourth-order valence-corrected chi connectivity index (χ4v) is 6.05. The van der Waals surface area contributed by atoms with Crippen LogP contribution in [0.15, 0.2) is 60.7 Å². The van der Waals surface area contributed by atoms with Gasteiger partial charge in [0.25, 0.3) is 0 Å². The van der Waals surface area contributed by atoms with Crippen molar-refractivity contribution in [2.24, 2.45) is 0 Å². The Morgan fingerprint density at radius 2 is 1.86 bits per heavy atom. The number of carbonyl (C=O) groups is 3. The Bertz CT molecular complexity index is 1450. The molecule has 3 amide bonds. The zero-order valence-electron chi connectivity index (χ0n) is 20.1. The number of fused-ring (bicyclic) bond motifs is 2. The molecule has 190 valence electrons. The maximum Gasteiger partial charge on any atom is 0.421 e. The lowest BCUT2D eigenvalue weighted by molar-refractivity contribution is -0.132. The maximum atomic E-state index is 14.6. The molecule has 6 nitrogen and oxygen atoms in total. The van der Waals surface area contributed by atoms with Crippen LogP contribution >= 0.6 is 23.2 Å². The Hall–Kier alpha value is -3.42. The first kappa shape index (κ1) is 25.2. The number of halogens is 3. The Morgan fingerprint density at radius 1 is 1.11 bits per heavy atom. The minimum absolute atomic E-state index is 0.0480. The van der Waals surface area contributed by atoms with E-state index in [4.69, 9.17) is 27.9 Å². The number of aryl methyl sites for hydroxylation is 1. The molecular formula is C28H23Cl2FN2O4. The van der Waals surface area contributed by atoms with Gasteiger partial charge < -0.3 is 10.1 Å². The van der Waals surface area contributed by atoms with Crippen molar-refractivity contribution in [3.05, 3.63) is 98.8 Å². The van der Waals surface area contributed by atoms with Gasteiger partial charge in [-0.05, 0) is 72.5 Å². The second kappa shape index (κ2) is 9.47. The normalized spacial score (nSPS) is 22.7. The fourth-order valence-electron chi connectivity index (χ4n) is 5.69. The van der Waals surface area contributed by atoms with Gasteiger partial charge in [-0.1, -0.05) is 47.5 Å². The average molecular weight is 541 g/mol. The Kier molecular flexibility index (Phi) is 6.46. The van der Waals surface area contributed by atoms with Crippen molar-refractivity contribution in [2.45, 2.75) is 37.6 Å². The number of nitrogens with zero attached hydrogens (tertiary/aromatic N) is 1. The molecule has 9 heteroatoms. The Morgan fingerprint density at radius 3 is 2.59 bits per heavy atom. The third-order valence-electron chi connectivity index (χ3n) is 7.15. The molecule has 3 atom stereocenters. The number of nitrogens with one attached hydrogen (secondary N) is 1. The second-order valence-electron chi connectivity index (χ2n) is 9.18. The van der Waals surface area contributed by atoms with Crippen molar-refractivity contribution in [2.75, 3.05) is 11.5 Å². The van der Waals surface area contributed by atoms with E-state index in [1.165, 1.54) is 18.2 Å². The standard InChI is InChI=1S/C28H23Cl2FN2O4/c1-3-37-27(36)33-23-12-18(30)8-10-21(23)28(26(33)35)22(20-13-19(31)9-7-15(20)2)14-24(34)32-25(28)16-5-4-6-17(29)11-16/h4-13,22,25H,3,14H2,1-2H3,(H,32,34)/t22-,25+,28-/m1/s1. The maximum absolute atomic E-state index is 14.6. The molecule has 1 spiro atoms. The lowest BCUT2D eigenvalue weighted by Gasteiger charge is -2.47. The lowest BCUT2D eigenvalue weighted by Crippen LogP contribution is -2.59. The van der Waals surface area contributed by atoms with Crippen LogP contribution in [0.4, 0.5) is 14.9 Å². The molecule has 0 saturated carbocycles. The molecule has 3 aromatic carbocycles. The molecule has 2 aliphatic rings. The van der Waals surface area contributed by atoms with Gasteiger partial charge in [-0.2, -0.15) is 0 Å². The number of ether oxygens (including phenoxy) is 1. The van der Waals surface area contributed by atoms with Crippen LogP contribution in [0.1, 0.15) is 47.6 Å². The number of piperidine rings is 1. The van der Waals surface area contributed by atoms with Gasteiger partial charge in [0.15, 0.2) is 0 Å². The van der Waals surface area contributed by atoms with Crippen molar-refractivity contribution in [3.63, 3.8) is 0 Å². The molecule has 0 bridgehead atoms. The largest absolute Gasteiger partial charge is 0.449 e. The third kappa shape index (κ3) is 3.97. The Labute approximate surface area is 223 Å². The van der Waals surface area contributed by atoms with Crippen molar-refractivity contribution in [1.29, 1.82) is 0 Å². The first-order valence-corrected chi connectivity index (χ1v) is 12.6. The van der Waals surface area contributed by atoms with Crippen molar-refractivity contribution >= 4 is 46.8 Å². The average Bonchev–Trinajstić information content (AvgIpc) is 3.10. The van der Waals surface area contributed by atoms with Gasteiger partial charge in [0, 0.05) is 22.4 Å². The highest BCUT2D eigenvalue weighted by Crippen LogP contribution is 2.59. The van der Waals surface area contributed by atoms with Crippen LogP contribution in [0.2, 0.25) is 10.0 Å². The van der Waals surface area contributed by atoms with Crippen molar-refractivity contribution < 1.29 is 23.5 Å². The molecule has 0 unspecified atom stereocenters. The molecule has 0 aromatic heterocycles. The summed E-state index contributed by atoms with van der Waals surface area (Å²) < 4.78 is 19.8. The zero-order chi connectivity index (χ0) is 26.5. The van der Waals surface area contributed by atoms with E-state index >= 15 is 0 Å². The predicted molar refractivity (Wildman–Crippen MR) is 138 cm³/mol. The molecule has 37 heavy (non-hydrogen) atoms. The minimum Gasteiger partial charge on any atom is -0.449 e. The van der Waals surface area contributed by atoms with Crippen molar-refractivity contribution in [1.82, 2.24) is 5.32 Å². The zero-order valence-corrected chi connectivity index (χ0v) is 21.6. The number of hydrogen-bond donors (Lipinski definition) is 1. The predicted octanol–water partition coefficient (Wildman–Crippen LogP) is 6.23. The van der Waals surface area contributed by atoms with Gasteiger partial charge in [-0.15, -0.1) is 0 Å². The molecule has 0 aliphatic carbocycles. The highest BCUT2D eigenvalue weighted by molar-refractivity contribution is 6.32. The van der Waals surface area contributed by atoms with E-state index in [2.05, 4.69) is 5.32 Å². The molecule has 2 heterocycles. The summed E-state index contributed by atoms with van der Waals surface area (Å²) in [6, 6.07) is 15.1. The van der Waals surface area contributed by atoms with Crippen LogP contribution in [0.3, 0.4) is 0 Å². The molecule has 5 rings (SSSR count). The van der Waals surface area contributed by atoms with Crippen LogP contribution in [0.5, 0.6) is 0 Å². The summed E-state index contributed by atoms with van der Waals surface area (Å²) in [5.41, 5.74) is 1.00. The fraction of sp³-hybridized carbons (Fsp3) is 0.250. The summed E-state index contributed by atoms with van der Waals surface area (Å²) in [7, 11) is 0. The summed E-state index contributed by atoms with van der Waals surface area (Å²) in [5.74, 6) is -2.22. The van der Waals surface area contributed by atoms with Gasteiger partial charge in [0.05, 0.1) is 18.3 Å². The first-order valence-electron chi connectivity index (χ1n) is 11.8. The summed E-state index contributed by atoms with van der Waals surface area (Å²) in [5, 5.41) is 3.71. The van der Waals surface area contributed by atoms with Crippen LogP contribution < -0.4 is 10.2 Å². The molecule has 1 saturated heterocycles. The van der Waals surface area contributed by atoms with Crippen LogP contribution in [-0.2, 0) is 19.7 Å². The van der Waals surface area contributed by atoms with Gasteiger partial charge >= 0.3 is 6.09 Å². The van der Waals surface area contributed by atoms with E-state index in [-0.39, 0.29) is 24.6 Å². The van der Waals surface area contributed by atoms with E-state index in [1.54, 1.807) is 56.3 Å². The van der Waals surface area contributed by atoms with Crippen molar-refractivity contribution in [3.8, 4) is 0 Å². The second-order valence-corrected chi connectivity index (χ2v) is 10.1. The van der Waals surface area contributed by atoms with E-state index in [9.17, 15) is 18.8 Å². The lowest BCUT2D eigenvalue weighted by atomic mass is 9.59. The van der Waals surface area contributed by atoms with Crippen LogP contribution in [0, 0.1) is 12.7 Å². The van der Waals surface area contributed by atoms with Crippen LogP contribution in [0.25, 0.3) is 0 Å². The highest BCUT2D eigenvalue weighted by Gasteiger charge is 2.64. The van der Waals surface area contributed by atoms with Crippen LogP contribution in [-0.4, -0.2) is 24.5 Å². The molecule has 1 fully saturated rings. The van der Waals surface area contributed by atoms with E-state index < -0.39 is 35.2 Å². The third-order valence-corrected chi connectivity index (χ3v) is 7.62. The number of benzene rings is 3. The van der Waals surface area contributed by atoms with Gasteiger partial charge in [-0.3, -0.25) is 9.59 Å². The van der Waals surface area contributed by atoms with Gasteiger partial charge in [0.2, 0.25) is 11.8 Å². The number of rotatable bonds is 3. The number of anilines is 1. The molecule has 3 aromatic rings. The van der Waals surface area contributed by atoms with E-state index in [0.29, 0.717) is 32.3 Å². The van der Waals surface area contributed by atoms with E-state index in [0.717, 1.165) is 4.90 Å². The monoisotopic (exact) mass is 540 g/mol. The SMILES string of the molecule is CCOC(=O)N1C(=O)[C@]2(c3ccc(Cl)cc31)[C@@H](c1cc(F)ccc1C)CC(=O)N[C@H]2c1cccc(Cl)c1. The molecule has 2 aliphatic heterocycles. The molecular weight excluding hydrogens is 518 g/mol. The minimum atomic E-state index is -1.52. The molecule has 1 N–H and O–H groups in total. The molecule has 0 radical (unpaired) electrons.